The monoisotopic (exact) mass is 246 g/mol. The highest BCUT2D eigenvalue weighted by atomic mass is 19.1. The molecule has 2 rings (SSSR count). The Balaban J connectivity index is 2.58. The van der Waals surface area contributed by atoms with Gasteiger partial charge in [-0.3, -0.25) is 0 Å². The van der Waals surface area contributed by atoms with Crippen molar-refractivity contribution >= 4 is 5.97 Å². The van der Waals surface area contributed by atoms with Crippen LogP contribution < -0.4 is 0 Å². The zero-order chi connectivity index (χ0) is 13.3. The predicted octanol–water partition coefficient (Wildman–Crippen LogP) is 3.20. The largest absolute Gasteiger partial charge is 0.507 e. The number of aryl methyl sites for hydroxylation is 1. The Bertz CT molecular complexity index is 620. The molecule has 3 nitrogen and oxygen atoms in total. The van der Waals surface area contributed by atoms with Crippen molar-refractivity contribution in [2.24, 2.45) is 0 Å². The normalized spacial score (nSPS) is 10.3. The van der Waals surface area contributed by atoms with Crippen LogP contribution in [0.3, 0.4) is 0 Å². The molecule has 0 amide bonds. The molecule has 18 heavy (non-hydrogen) atoms. The Morgan fingerprint density at radius 2 is 1.83 bits per heavy atom. The number of halogens is 1. The van der Waals surface area contributed by atoms with Crippen LogP contribution in [0.4, 0.5) is 4.39 Å². The molecule has 0 bridgehead atoms. The summed E-state index contributed by atoms with van der Waals surface area (Å²) in [5, 5.41) is 18.6. The molecular weight excluding hydrogens is 235 g/mol. The van der Waals surface area contributed by atoms with Gasteiger partial charge < -0.3 is 10.2 Å². The van der Waals surface area contributed by atoms with Gasteiger partial charge in [0.05, 0.1) is 5.56 Å². The molecule has 2 aromatic carbocycles. The van der Waals surface area contributed by atoms with Gasteiger partial charge in [0.2, 0.25) is 0 Å². The topological polar surface area (TPSA) is 57.5 Å². The van der Waals surface area contributed by atoms with E-state index in [0.717, 1.165) is 11.6 Å². The van der Waals surface area contributed by atoms with Gasteiger partial charge in [-0.25, -0.2) is 9.18 Å². The first-order chi connectivity index (χ1) is 8.49. The van der Waals surface area contributed by atoms with Gasteiger partial charge in [0.25, 0.3) is 0 Å². The zero-order valence-electron chi connectivity index (χ0n) is 9.64. The maximum absolute atomic E-state index is 13.7. The van der Waals surface area contributed by atoms with Gasteiger partial charge in [-0.1, -0.05) is 11.6 Å². The van der Waals surface area contributed by atoms with Crippen molar-refractivity contribution in [1.82, 2.24) is 0 Å². The van der Waals surface area contributed by atoms with Crippen LogP contribution >= 0.6 is 0 Å². The van der Waals surface area contributed by atoms with Gasteiger partial charge in [0.1, 0.15) is 11.6 Å². The molecule has 0 aromatic heterocycles. The molecule has 0 aliphatic heterocycles. The molecule has 0 spiro atoms. The second kappa shape index (κ2) is 4.49. The van der Waals surface area contributed by atoms with E-state index < -0.39 is 11.8 Å². The fourth-order valence-electron chi connectivity index (χ4n) is 1.74. The zero-order valence-corrected chi connectivity index (χ0v) is 9.64. The average molecular weight is 246 g/mol. The molecule has 0 radical (unpaired) electrons. The molecule has 2 N–H and O–H groups in total. The number of phenols is 1. The van der Waals surface area contributed by atoms with Crippen LogP contribution in [-0.4, -0.2) is 16.2 Å². The lowest BCUT2D eigenvalue weighted by molar-refractivity contribution is 0.0696. The van der Waals surface area contributed by atoms with Gasteiger partial charge in [0.15, 0.2) is 0 Å². The third kappa shape index (κ3) is 2.18. The minimum absolute atomic E-state index is 0.0377. The summed E-state index contributed by atoms with van der Waals surface area (Å²) in [5.41, 5.74) is 1.35. The maximum Gasteiger partial charge on any atom is 0.335 e. The van der Waals surface area contributed by atoms with Gasteiger partial charge in [-0.05, 0) is 37.3 Å². The van der Waals surface area contributed by atoms with E-state index in [1.165, 1.54) is 18.2 Å². The van der Waals surface area contributed by atoms with Crippen molar-refractivity contribution in [2.45, 2.75) is 6.92 Å². The molecule has 0 atom stereocenters. The van der Waals surface area contributed by atoms with E-state index in [2.05, 4.69) is 0 Å². The maximum atomic E-state index is 13.7. The highest BCUT2D eigenvalue weighted by Crippen LogP contribution is 2.32. The minimum Gasteiger partial charge on any atom is -0.507 e. The second-order valence-electron chi connectivity index (χ2n) is 4.02. The van der Waals surface area contributed by atoms with Crippen LogP contribution in [0.2, 0.25) is 0 Å². The fraction of sp³-hybridized carbons (Fsp3) is 0.0714. The van der Waals surface area contributed by atoms with Gasteiger partial charge >= 0.3 is 5.97 Å². The number of hydrogen-bond acceptors (Lipinski definition) is 2. The van der Waals surface area contributed by atoms with Crippen LogP contribution in [0.1, 0.15) is 15.9 Å². The first kappa shape index (κ1) is 12.1. The van der Waals surface area contributed by atoms with Crippen LogP contribution in [-0.2, 0) is 0 Å². The lowest BCUT2D eigenvalue weighted by Gasteiger charge is -2.08. The van der Waals surface area contributed by atoms with E-state index >= 15 is 0 Å². The number of benzene rings is 2. The quantitative estimate of drug-likeness (QED) is 0.855. The molecule has 0 aliphatic carbocycles. The van der Waals surface area contributed by atoms with Crippen molar-refractivity contribution in [2.75, 3.05) is 0 Å². The van der Waals surface area contributed by atoms with Crippen molar-refractivity contribution in [1.29, 1.82) is 0 Å². The summed E-state index contributed by atoms with van der Waals surface area (Å²) in [6, 6.07) is 8.39. The number of phenolic OH excluding ortho intramolecular Hbond substituents is 1. The number of hydrogen-bond donors (Lipinski definition) is 2. The number of carboxylic acid groups (broad SMARTS) is 1. The van der Waals surface area contributed by atoms with Crippen molar-refractivity contribution < 1.29 is 19.4 Å². The summed E-state index contributed by atoms with van der Waals surface area (Å²) in [6.45, 7) is 1.81. The molecule has 92 valence electrons. The first-order valence-electron chi connectivity index (χ1n) is 5.32. The number of carboxylic acids is 1. The minimum atomic E-state index is -1.14. The van der Waals surface area contributed by atoms with Gasteiger partial charge in [-0.2, -0.15) is 0 Å². The van der Waals surface area contributed by atoms with Crippen molar-refractivity contribution in [3.63, 3.8) is 0 Å². The molecule has 0 saturated carbocycles. The molecule has 4 heteroatoms. The molecular formula is C14H11FO3. The standard InChI is InChI=1S/C14H11FO3/c1-8-2-5-12(15)11(6-8)10-4-3-9(14(17)18)7-13(10)16/h2-7,16H,1H3,(H,17,18). The smallest absolute Gasteiger partial charge is 0.335 e. The Morgan fingerprint density at radius 1 is 1.11 bits per heavy atom. The highest BCUT2D eigenvalue weighted by molar-refractivity contribution is 5.89. The van der Waals surface area contributed by atoms with Crippen molar-refractivity contribution in [3.05, 3.63) is 53.3 Å². The van der Waals surface area contributed by atoms with Crippen LogP contribution in [0.15, 0.2) is 36.4 Å². The number of carbonyl (C=O) groups is 1. The summed E-state index contributed by atoms with van der Waals surface area (Å²) < 4.78 is 13.7. The second-order valence-corrected chi connectivity index (χ2v) is 4.02. The van der Waals surface area contributed by atoms with E-state index in [1.54, 1.807) is 12.1 Å². The summed E-state index contributed by atoms with van der Waals surface area (Å²) in [5.74, 6) is -1.85. The van der Waals surface area contributed by atoms with Crippen LogP contribution in [0, 0.1) is 12.7 Å². The average Bonchev–Trinajstić information content (AvgIpc) is 2.32. The summed E-state index contributed by atoms with van der Waals surface area (Å²) in [6.07, 6.45) is 0. The van der Waals surface area contributed by atoms with Crippen LogP contribution in [0.25, 0.3) is 11.1 Å². The molecule has 2 aromatic rings. The van der Waals surface area contributed by atoms with E-state index in [0.29, 0.717) is 0 Å². The van der Waals surface area contributed by atoms with E-state index in [4.69, 9.17) is 5.11 Å². The first-order valence-corrected chi connectivity index (χ1v) is 5.32. The van der Waals surface area contributed by atoms with E-state index in [1.807, 2.05) is 6.92 Å². The summed E-state index contributed by atoms with van der Waals surface area (Å²) in [7, 11) is 0. The third-order valence-electron chi connectivity index (χ3n) is 2.66. The molecule has 0 fully saturated rings. The van der Waals surface area contributed by atoms with Crippen LogP contribution in [0.5, 0.6) is 5.75 Å². The van der Waals surface area contributed by atoms with Crippen molar-refractivity contribution in [3.8, 4) is 16.9 Å². The SMILES string of the molecule is Cc1ccc(F)c(-c2ccc(C(=O)O)cc2O)c1. The predicted molar refractivity (Wildman–Crippen MR) is 65.2 cm³/mol. The lowest BCUT2D eigenvalue weighted by Crippen LogP contribution is -1.96. The van der Waals surface area contributed by atoms with Gasteiger partial charge in [-0.15, -0.1) is 0 Å². The lowest BCUT2D eigenvalue weighted by atomic mass is 10.0. The molecule has 0 saturated heterocycles. The molecule has 0 unspecified atom stereocenters. The Labute approximate surface area is 103 Å². The van der Waals surface area contributed by atoms with E-state index in [-0.39, 0.29) is 22.4 Å². The summed E-state index contributed by atoms with van der Waals surface area (Å²) in [4.78, 5) is 10.7. The van der Waals surface area contributed by atoms with Gasteiger partial charge in [0, 0.05) is 11.1 Å². The van der Waals surface area contributed by atoms with E-state index in [9.17, 15) is 14.3 Å². The number of aromatic hydroxyl groups is 1. The Hall–Kier alpha value is -2.36. The Kier molecular flexibility index (Phi) is 3.02. The Morgan fingerprint density at radius 3 is 2.44 bits per heavy atom. The molecule has 0 aliphatic rings. The number of rotatable bonds is 2. The number of aromatic carboxylic acids is 1. The third-order valence-corrected chi connectivity index (χ3v) is 2.66. The fourth-order valence-corrected chi connectivity index (χ4v) is 1.74. The highest BCUT2D eigenvalue weighted by Gasteiger charge is 2.12. The molecule has 0 heterocycles. The summed E-state index contributed by atoms with van der Waals surface area (Å²) >= 11 is 0.